The number of alkyl halides is 3. The number of halogens is 4. The zero-order chi connectivity index (χ0) is 30.9. The molecule has 0 aliphatic carbocycles. The summed E-state index contributed by atoms with van der Waals surface area (Å²) in [6.45, 7) is 5.06. The second-order valence-electron chi connectivity index (χ2n) is 10.4. The van der Waals surface area contributed by atoms with Crippen molar-refractivity contribution in [3.8, 4) is 0 Å². The highest BCUT2D eigenvalue weighted by Crippen LogP contribution is 2.49. The number of carbonyl (C=O) groups excluding carboxylic acids is 2. The van der Waals surface area contributed by atoms with Gasteiger partial charge in [-0.05, 0) is 91.6 Å². The SMILES string of the molecule is Cc1ccccc1C(=O)Nc1cccc(C(=O)Nc2c(C)cc(C3(C(F)(F)F)CC(c4ccc(Cl)cc4)=NO3)cc2C)c1. The maximum atomic E-state index is 14.6. The number of anilines is 2. The van der Waals surface area contributed by atoms with Crippen molar-refractivity contribution in [3.05, 3.63) is 129 Å². The third-order valence-electron chi connectivity index (χ3n) is 7.37. The molecular weight excluding hydrogens is 579 g/mol. The first-order valence-corrected chi connectivity index (χ1v) is 13.7. The Morgan fingerprint density at radius 3 is 2.16 bits per heavy atom. The van der Waals surface area contributed by atoms with Crippen molar-refractivity contribution in [2.45, 2.75) is 39.0 Å². The molecule has 5 rings (SSSR count). The van der Waals surface area contributed by atoms with Gasteiger partial charge in [0.05, 0.1) is 5.71 Å². The van der Waals surface area contributed by atoms with Gasteiger partial charge < -0.3 is 15.5 Å². The van der Waals surface area contributed by atoms with Crippen LogP contribution in [0, 0.1) is 20.8 Å². The third kappa shape index (κ3) is 5.99. The molecule has 0 spiro atoms. The number of hydrogen-bond acceptors (Lipinski definition) is 4. The molecule has 0 fully saturated rings. The van der Waals surface area contributed by atoms with Crippen molar-refractivity contribution in [2.75, 3.05) is 10.6 Å². The van der Waals surface area contributed by atoms with Crippen LogP contribution in [0.25, 0.3) is 0 Å². The first-order chi connectivity index (χ1) is 20.4. The Balaban J connectivity index is 1.37. The van der Waals surface area contributed by atoms with Crippen LogP contribution in [0.3, 0.4) is 0 Å². The van der Waals surface area contributed by atoms with Crippen LogP contribution in [0.5, 0.6) is 0 Å². The van der Waals surface area contributed by atoms with Crippen molar-refractivity contribution in [1.29, 1.82) is 0 Å². The number of nitrogens with zero attached hydrogens (tertiary/aromatic N) is 1. The van der Waals surface area contributed by atoms with Gasteiger partial charge in [-0.2, -0.15) is 13.2 Å². The van der Waals surface area contributed by atoms with Crippen LogP contribution in [0.4, 0.5) is 24.5 Å². The summed E-state index contributed by atoms with van der Waals surface area (Å²) >= 11 is 5.93. The second-order valence-corrected chi connectivity index (χ2v) is 10.9. The average Bonchev–Trinajstić information content (AvgIpc) is 3.43. The Labute approximate surface area is 251 Å². The number of benzene rings is 4. The predicted molar refractivity (Wildman–Crippen MR) is 161 cm³/mol. The van der Waals surface area contributed by atoms with Gasteiger partial charge in [0.25, 0.3) is 17.4 Å². The van der Waals surface area contributed by atoms with Crippen LogP contribution in [0.1, 0.15) is 55.0 Å². The molecule has 1 heterocycles. The average molecular weight is 606 g/mol. The van der Waals surface area contributed by atoms with Crippen LogP contribution in [-0.4, -0.2) is 23.7 Å². The Hall–Kier alpha value is -4.63. The fourth-order valence-corrected chi connectivity index (χ4v) is 5.17. The molecule has 0 bridgehead atoms. The van der Waals surface area contributed by atoms with Crippen LogP contribution in [0.2, 0.25) is 5.02 Å². The quantitative estimate of drug-likeness (QED) is 0.232. The molecule has 4 aromatic rings. The highest BCUT2D eigenvalue weighted by atomic mass is 35.5. The molecule has 1 aliphatic rings. The monoisotopic (exact) mass is 605 g/mol. The molecule has 0 aromatic heterocycles. The van der Waals surface area contributed by atoms with Crippen molar-refractivity contribution in [2.24, 2.45) is 5.16 Å². The lowest BCUT2D eigenvalue weighted by molar-refractivity contribution is -0.275. The number of nitrogens with one attached hydrogen (secondary N) is 2. The molecule has 6 nitrogen and oxygen atoms in total. The van der Waals surface area contributed by atoms with E-state index in [1.807, 2.05) is 19.1 Å². The van der Waals surface area contributed by atoms with Crippen molar-refractivity contribution in [3.63, 3.8) is 0 Å². The number of hydrogen-bond donors (Lipinski definition) is 2. The lowest BCUT2D eigenvalue weighted by Gasteiger charge is -2.30. The summed E-state index contributed by atoms with van der Waals surface area (Å²) in [5, 5.41) is 9.87. The first-order valence-electron chi connectivity index (χ1n) is 13.4. The van der Waals surface area contributed by atoms with Crippen LogP contribution < -0.4 is 10.6 Å². The van der Waals surface area contributed by atoms with Gasteiger partial charge in [-0.25, -0.2) is 0 Å². The smallest absolute Gasteiger partial charge is 0.374 e. The fraction of sp³-hybridized carbons (Fsp3) is 0.182. The van der Waals surface area contributed by atoms with Gasteiger partial charge >= 0.3 is 6.18 Å². The van der Waals surface area contributed by atoms with Gasteiger partial charge in [0.2, 0.25) is 0 Å². The molecule has 1 unspecified atom stereocenters. The largest absolute Gasteiger partial charge is 0.435 e. The third-order valence-corrected chi connectivity index (χ3v) is 7.63. The molecule has 10 heteroatoms. The van der Waals surface area contributed by atoms with E-state index in [2.05, 4.69) is 15.8 Å². The van der Waals surface area contributed by atoms with E-state index in [4.69, 9.17) is 16.4 Å². The number of amides is 2. The number of rotatable bonds is 6. The summed E-state index contributed by atoms with van der Waals surface area (Å²) in [5.74, 6) is -0.796. The van der Waals surface area contributed by atoms with Gasteiger partial charge in [0, 0.05) is 39.5 Å². The van der Waals surface area contributed by atoms with Gasteiger partial charge in [0.1, 0.15) is 0 Å². The molecule has 1 atom stereocenters. The topological polar surface area (TPSA) is 79.8 Å². The molecule has 1 aliphatic heterocycles. The summed E-state index contributed by atoms with van der Waals surface area (Å²) in [6.07, 6.45) is -5.30. The minimum atomic E-state index is -4.78. The normalized spacial score (nSPS) is 16.3. The summed E-state index contributed by atoms with van der Waals surface area (Å²) in [6, 6.07) is 22.6. The Kier molecular flexibility index (Phi) is 8.03. The van der Waals surface area contributed by atoms with Gasteiger partial charge in [-0.15, -0.1) is 0 Å². The molecule has 220 valence electrons. The Morgan fingerprint density at radius 2 is 1.51 bits per heavy atom. The lowest BCUT2D eigenvalue weighted by Crippen LogP contribution is -2.42. The maximum absolute atomic E-state index is 14.6. The lowest BCUT2D eigenvalue weighted by atomic mass is 9.84. The molecule has 2 N–H and O–H groups in total. The van der Waals surface area contributed by atoms with Gasteiger partial charge in [-0.3, -0.25) is 9.59 Å². The molecule has 0 saturated carbocycles. The van der Waals surface area contributed by atoms with E-state index in [1.165, 1.54) is 18.2 Å². The summed E-state index contributed by atoms with van der Waals surface area (Å²) in [4.78, 5) is 31.1. The van der Waals surface area contributed by atoms with E-state index in [1.54, 1.807) is 68.4 Å². The molecule has 43 heavy (non-hydrogen) atoms. The minimum Gasteiger partial charge on any atom is -0.374 e. The fourth-order valence-electron chi connectivity index (χ4n) is 5.04. The summed E-state index contributed by atoms with van der Waals surface area (Å²) < 4.78 is 43.8. The summed E-state index contributed by atoms with van der Waals surface area (Å²) in [7, 11) is 0. The number of aryl methyl sites for hydroxylation is 3. The molecular formula is C33H27ClF3N3O3. The summed E-state index contributed by atoms with van der Waals surface area (Å²) in [5.41, 5.74) is 1.02. The number of oxime groups is 1. The van der Waals surface area contributed by atoms with E-state index in [-0.39, 0.29) is 22.7 Å². The highest BCUT2D eigenvalue weighted by molar-refractivity contribution is 6.30. The zero-order valence-corrected chi connectivity index (χ0v) is 24.2. The van der Waals surface area contributed by atoms with Crippen molar-refractivity contribution in [1.82, 2.24) is 0 Å². The predicted octanol–water partition coefficient (Wildman–Crippen LogP) is 8.35. The first kappa shape index (κ1) is 29.8. The highest BCUT2D eigenvalue weighted by Gasteiger charge is 2.62. The Bertz CT molecular complexity index is 1730. The van der Waals surface area contributed by atoms with Gasteiger partial charge in [0.15, 0.2) is 0 Å². The van der Waals surface area contributed by atoms with Gasteiger partial charge in [-0.1, -0.05) is 53.2 Å². The van der Waals surface area contributed by atoms with E-state index in [0.29, 0.717) is 38.7 Å². The van der Waals surface area contributed by atoms with Crippen molar-refractivity contribution >= 4 is 40.5 Å². The van der Waals surface area contributed by atoms with Crippen LogP contribution in [0.15, 0.2) is 90.1 Å². The standard InChI is InChI=1S/C33H27ClF3N3O3/c1-19-7-4-5-10-27(19)31(42)38-26-9-6-8-23(17-26)30(41)39-29-20(2)15-24(16-21(29)3)32(33(35,36)37)18-28(40-43-32)22-11-13-25(34)14-12-22/h4-17H,18H2,1-3H3,(H,38,42)(H,39,41). The zero-order valence-electron chi connectivity index (χ0n) is 23.5. The van der Waals surface area contributed by atoms with E-state index >= 15 is 0 Å². The second kappa shape index (κ2) is 11.6. The molecule has 2 amide bonds. The Morgan fingerprint density at radius 1 is 0.837 bits per heavy atom. The maximum Gasteiger partial charge on any atom is 0.435 e. The number of carbonyl (C=O) groups is 2. The van der Waals surface area contributed by atoms with E-state index in [0.717, 1.165) is 5.56 Å². The molecule has 0 saturated heterocycles. The molecule has 0 radical (unpaired) electrons. The minimum absolute atomic E-state index is 0.123. The molecule has 4 aromatic carbocycles. The van der Waals surface area contributed by atoms with E-state index in [9.17, 15) is 22.8 Å². The van der Waals surface area contributed by atoms with Crippen molar-refractivity contribution < 1.29 is 27.6 Å². The van der Waals surface area contributed by atoms with Crippen LogP contribution in [-0.2, 0) is 10.4 Å². The van der Waals surface area contributed by atoms with E-state index < -0.39 is 24.1 Å². The van der Waals surface area contributed by atoms with Crippen LogP contribution >= 0.6 is 11.6 Å².